The molecule has 0 radical (unpaired) electrons. The van der Waals surface area contributed by atoms with Gasteiger partial charge in [0.25, 0.3) is 0 Å². The van der Waals surface area contributed by atoms with Gasteiger partial charge in [-0.1, -0.05) is 17.6 Å². The second kappa shape index (κ2) is 3.49. The zero-order valence-corrected chi connectivity index (χ0v) is 7.28. The lowest BCUT2D eigenvalue weighted by atomic mass is 10.2. The van der Waals surface area contributed by atoms with Crippen molar-refractivity contribution in [1.29, 1.82) is 0 Å². The van der Waals surface area contributed by atoms with Crippen LogP contribution in [0.2, 0.25) is 5.15 Å². The Kier molecular flexibility index (Phi) is 1.63. The van der Waals surface area contributed by atoms with Gasteiger partial charge in [-0.15, -0.1) is 10.2 Å². The maximum absolute atomic E-state index is 7.43. The van der Waals surface area contributed by atoms with E-state index in [1.54, 1.807) is 12.1 Å². The summed E-state index contributed by atoms with van der Waals surface area (Å²) in [7, 11) is 0. The van der Waals surface area contributed by atoms with Gasteiger partial charge in [0.05, 0.1) is 8.44 Å². The van der Waals surface area contributed by atoms with E-state index in [1.807, 2.05) is 0 Å². The number of rotatable bonds is 1. The third-order valence-electron chi connectivity index (χ3n) is 1.45. The summed E-state index contributed by atoms with van der Waals surface area (Å²) in [6, 6.07) is 6.34. The van der Waals surface area contributed by atoms with Crippen LogP contribution >= 0.6 is 11.6 Å². The lowest BCUT2D eigenvalue weighted by molar-refractivity contribution is 1.03. The molecule has 0 aliphatic carbocycles. The Morgan fingerprint density at radius 1 is 1.15 bits per heavy atom. The zero-order chi connectivity index (χ0) is 10.8. The molecule has 13 heavy (non-hydrogen) atoms. The topological polar surface area (TPSA) is 38.7 Å². The Bertz CT molecular complexity index is 467. The van der Waals surface area contributed by atoms with Gasteiger partial charge in [0.1, 0.15) is 5.69 Å². The maximum atomic E-state index is 7.43. The number of hydrogen-bond donors (Lipinski definition) is 0. The molecule has 0 saturated heterocycles. The Balaban J connectivity index is 2.49. The average Bonchev–Trinajstić information content (AvgIpc) is 2.17. The van der Waals surface area contributed by atoms with Crippen molar-refractivity contribution in [3.63, 3.8) is 0 Å². The van der Waals surface area contributed by atoms with E-state index in [4.69, 9.17) is 14.3 Å². The molecular formula is C9H6ClN3. The summed E-state index contributed by atoms with van der Waals surface area (Å²) < 4.78 is 14.8. The molecule has 3 nitrogen and oxygen atoms in total. The van der Waals surface area contributed by atoms with E-state index in [1.165, 1.54) is 12.1 Å². The molecule has 64 valence electrons. The summed E-state index contributed by atoms with van der Waals surface area (Å²) in [6.07, 6.45) is 0.0363. The fourth-order valence-electron chi connectivity index (χ4n) is 0.876. The molecule has 2 aromatic rings. The summed E-state index contributed by atoms with van der Waals surface area (Å²) in [5.74, 6) is 0. The minimum Gasteiger partial charge on any atom is -0.255 e. The molecule has 0 fully saturated rings. The molecule has 0 aromatic carbocycles. The largest absolute Gasteiger partial charge is 0.255 e. The number of hydrogen-bond acceptors (Lipinski definition) is 3. The highest BCUT2D eigenvalue weighted by Crippen LogP contribution is 2.13. The average molecular weight is 196 g/mol. The van der Waals surface area contributed by atoms with Gasteiger partial charge < -0.3 is 0 Å². The minimum absolute atomic E-state index is 0.0363. The first-order valence-corrected chi connectivity index (χ1v) is 3.98. The third-order valence-corrected chi connectivity index (χ3v) is 1.65. The predicted molar refractivity (Wildman–Crippen MR) is 50.3 cm³/mol. The minimum atomic E-state index is 0.0363. The number of aromatic nitrogens is 3. The summed E-state index contributed by atoms with van der Waals surface area (Å²) in [5, 5.41) is 7.79. The van der Waals surface area contributed by atoms with Crippen molar-refractivity contribution in [3.05, 3.63) is 41.6 Å². The Hall–Kier alpha value is -1.48. The van der Waals surface area contributed by atoms with Gasteiger partial charge in [0.2, 0.25) is 0 Å². The monoisotopic (exact) mass is 195 g/mol. The van der Waals surface area contributed by atoms with Crippen LogP contribution in [-0.4, -0.2) is 15.2 Å². The molecule has 4 heteroatoms. The normalized spacial score (nSPS) is 12.1. The van der Waals surface area contributed by atoms with Crippen molar-refractivity contribution in [2.45, 2.75) is 0 Å². The zero-order valence-electron chi connectivity index (χ0n) is 8.53. The highest BCUT2D eigenvalue weighted by molar-refractivity contribution is 6.29. The molecule has 0 spiro atoms. The molecule has 0 amide bonds. The molecule has 0 saturated carbocycles. The molecule has 0 bridgehead atoms. The smallest absolute Gasteiger partial charge is 0.151 e. The van der Waals surface area contributed by atoms with Crippen LogP contribution in [0.5, 0.6) is 0 Å². The fraction of sp³-hybridized carbons (Fsp3) is 0. The summed E-state index contributed by atoms with van der Waals surface area (Å²) >= 11 is 5.59. The molecule has 0 N–H and O–H groups in total. The number of pyridine rings is 1. The first-order valence-electron chi connectivity index (χ1n) is 4.60. The second-order valence-corrected chi connectivity index (χ2v) is 2.71. The Morgan fingerprint density at radius 3 is 2.77 bits per heavy atom. The van der Waals surface area contributed by atoms with Crippen molar-refractivity contribution in [2.24, 2.45) is 0 Å². The van der Waals surface area contributed by atoms with Crippen molar-refractivity contribution in [1.82, 2.24) is 15.2 Å². The van der Waals surface area contributed by atoms with E-state index in [0.717, 1.165) is 0 Å². The molecule has 2 heterocycles. The summed E-state index contributed by atoms with van der Waals surface area (Å²) in [4.78, 5) is 3.94. The second-order valence-electron chi connectivity index (χ2n) is 2.32. The van der Waals surface area contributed by atoms with Crippen LogP contribution in [0.3, 0.4) is 0 Å². The molecule has 0 aliphatic heterocycles. The Morgan fingerprint density at radius 2 is 2.08 bits per heavy atom. The lowest BCUT2D eigenvalue weighted by Gasteiger charge is -1.96. The van der Waals surface area contributed by atoms with E-state index in [9.17, 15) is 0 Å². The lowest BCUT2D eigenvalue weighted by Crippen LogP contribution is -1.88. The predicted octanol–water partition coefficient (Wildman–Crippen LogP) is 2.19. The van der Waals surface area contributed by atoms with Gasteiger partial charge in [-0.05, 0) is 24.3 Å². The number of nitrogens with zero attached hydrogens (tertiary/aromatic N) is 3. The molecular weight excluding hydrogens is 186 g/mol. The van der Waals surface area contributed by atoms with Gasteiger partial charge in [-0.25, -0.2) is 0 Å². The van der Waals surface area contributed by atoms with Gasteiger partial charge >= 0.3 is 0 Å². The fourth-order valence-corrected chi connectivity index (χ4v) is 0.977. The first-order chi connectivity index (χ1) is 7.15. The van der Waals surface area contributed by atoms with Crippen LogP contribution in [0, 0.1) is 0 Å². The van der Waals surface area contributed by atoms with E-state index in [-0.39, 0.29) is 12.2 Å². The number of halogens is 1. The maximum Gasteiger partial charge on any atom is 0.151 e. The molecule has 0 aliphatic rings. The van der Waals surface area contributed by atoms with Gasteiger partial charge in [-0.2, -0.15) is 0 Å². The van der Waals surface area contributed by atoms with Crippen LogP contribution in [-0.2, 0) is 0 Å². The molecule has 0 unspecified atom stereocenters. The van der Waals surface area contributed by atoms with E-state index in [0.29, 0.717) is 16.5 Å². The van der Waals surface area contributed by atoms with E-state index >= 15 is 0 Å². The summed E-state index contributed by atoms with van der Waals surface area (Å²) in [5.41, 5.74) is 0.957. The van der Waals surface area contributed by atoms with Crippen LogP contribution in [0.1, 0.15) is 2.74 Å². The quantitative estimate of drug-likeness (QED) is 0.700. The van der Waals surface area contributed by atoms with E-state index in [2.05, 4.69) is 15.2 Å². The van der Waals surface area contributed by atoms with Gasteiger partial charge in [0, 0.05) is 6.17 Å². The van der Waals surface area contributed by atoms with Crippen LogP contribution in [0.15, 0.2) is 36.5 Å². The molecule has 2 rings (SSSR count). The van der Waals surface area contributed by atoms with Crippen molar-refractivity contribution >= 4 is 11.6 Å². The van der Waals surface area contributed by atoms with Crippen molar-refractivity contribution in [3.8, 4) is 11.4 Å². The first kappa shape index (κ1) is 6.05. The molecule has 0 atom stereocenters. The van der Waals surface area contributed by atoms with Crippen LogP contribution < -0.4 is 0 Å². The van der Waals surface area contributed by atoms with E-state index < -0.39 is 0 Å². The highest BCUT2D eigenvalue weighted by atomic mass is 35.5. The standard InChI is InChI=1S/C9H6ClN3/c10-9-5-4-8(12-13-9)7-3-1-2-6-11-7/h1-6H/i1T,6T. The van der Waals surface area contributed by atoms with Crippen molar-refractivity contribution < 1.29 is 2.74 Å². The SMILES string of the molecule is [3H]c1cc([3H])nc(-c2ccc(Cl)nn2)c1. The highest BCUT2D eigenvalue weighted by Gasteiger charge is 1.99. The van der Waals surface area contributed by atoms with Crippen LogP contribution in [0.4, 0.5) is 0 Å². The Labute approximate surface area is 83.2 Å². The van der Waals surface area contributed by atoms with Crippen molar-refractivity contribution in [2.75, 3.05) is 0 Å². The van der Waals surface area contributed by atoms with Gasteiger partial charge in [0.15, 0.2) is 5.15 Å². The van der Waals surface area contributed by atoms with Gasteiger partial charge in [-0.3, -0.25) is 4.98 Å². The summed E-state index contributed by atoms with van der Waals surface area (Å²) in [6.45, 7) is 0. The van der Waals surface area contributed by atoms with Crippen LogP contribution in [0.25, 0.3) is 11.4 Å². The third kappa shape index (κ3) is 1.81. The molecule has 2 aromatic heterocycles.